The maximum Gasteiger partial charge on any atom is 0.255 e. The minimum Gasteiger partial charge on any atom is -0.368 e. The number of hydrogen-bond donors (Lipinski definition) is 0. The average molecular weight is 321 g/mol. The largest absolute Gasteiger partial charge is 0.368 e. The van der Waals surface area contributed by atoms with Crippen LogP contribution in [-0.4, -0.2) is 40.6 Å². The van der Waals surface area contributed by atoms with Crippen molar-refractivity contribution in [2.75, 3.05) is 19.7 Å². The van der Waals surface area contributed by atoms with Gasteiger partial charge in [0.25, 0.3) is 5.89 Å². The Morgan fingerprint density at radius 2 is 2.17 bits per heavy atom. The van der Waals surface area contributed by atoms with Gasteiger partial charge < -0.3 is 14.2 Å². The molecule has 128 valence electrons. The summed E-state index contributed by atoms with van der Waals surface area (Å²) in [5.74, 6) is 2.16. The highest BCUT2D eigenvalue weighted by Crippen LogP contribution is 2.40. The number of amides is 1. The second-order valence-corrected chi connectivity index (χ2v) is 8.09. The highest BCUT2D eigenvalue weighted by Gasteiger charge is 2.37. The van der Waals surface area contributed by atoms with Crippen LogP contribution in [0.4, 0.5) is 0 Å². The van der Waals surface area contributed by atoms with E-state index in [4.69, 9.17) is 9.26 Å². The van der Waals surface area contributed by atoms with Crippen LogP contribution in [0.5, 0.6) is 0 Å². The zero-order valence-corrected chi connectivity index (χ0v) is 14.5. The first kappa shape index (κ1) is 16.4. The van der Waals surface area contributed by atoms with Crippen molar-refractivity contribution in [1.29, 1.82) is 0 Å². The number of ether oxygens (including phenoxy) is 1. The van der Waals surface area contributed by atoms with E-state index in [9.17, 15) is 4.79 Å². The zero-order chi connectivity index (χ0) is 16.6. The van der Waals surface area contributed by atoms with Crippen molar-refractivity contribution in [3.63, 3.8) is 0 Å². The molecule has 2 saturated heterocycles. The van der Waals surface area contributed by atoms with E-state index in [1.54, 1.807) is 0 Å². The summed E-state index contributed by atoms with van der Waals surface area (Å²) in [7, 11) is 0. The van der Waals surface area contributed by atoms with Crippen LogP contribution in [0.25, 0.3) is 0 Å². The van der Waals surface area contributed by atoms with E-state index in [0.29, 0.717) is 24.8 Å². The van der Waals surface area contributed by atoms with Gasteiger partial charge >= 0.3 is 0 Å². The van der Waals surface area contributed by atoms with Crippen molar-refractivity contribution >= 4 is 5.91 Å². The summed E-state index contributed by atoms with van der Waals surface area (Å²) >= 11 is 0. The van der Waals surface area contributed by atoms with Crippen LogP contribution in [0, 0.1) is 11.3 Å². The number of carbonyl (C=O) groups excluding carboxylic acids is 1. The van der Waals surface area contributed by atoms with Gasteiger partial charge in [-0.05, 0) is 24.2 Å². The standard InChI is InChI=1S/C17H27N3O3/c1-11(2)8-20-9-12(5-6-14(20)21)15-18-16(23-19-15)13-7-17(3,4)10-22-13/h11-13H,5-10H2,1-4H3. The van der Waals surface area contributed by atoms with E-state index in [0.717, 1.165) is 31.8 Å². The van der Waals surface area contributed by atoms with Gasteiger partial charge in [-0.25, -0.2) is 0 Å². The summed E-state index contributed by atoms with van der Waals surface area (Å²) in [6.45, 7) is 10.8. The van der Waals surface area contributed by atoms with Crippen LogP contribution < -0.4 is 0 Å². The molecular formula is C17H27N3O3. The van der Waals surface area contributed by atoms with Crippen molar-refractivity contribution in [1.82, 2.24) is 15.0 Å². The van der Waals surface area contributed by atoms with Crippen molar-refractivity contribution in [3.8, 4) is 0 Å². The molecule has 2 atom stereocenters. The fourth-order valence-corrected chi connectivity index (χ4v) is 3.39. The quantitative estimate of drug-likeness (QED) is 0.853. The number of likely N-dealkylation sites (tertiary alicyclic amines) is 1. The Balaban J connectivity index is 1.67. The highest BCUT2D eigenvalue weighted by molar-refractivity contribution is 5.77. The molecule has 3 rings (SSSR count). The summed E-state index contributed by atoms with van der Waals surface area (Å²) in [4.78, 5) is 18.5. The van der Waals surface area contributed by atoms with Crippen molar-refractivity contribution in [2.24, 2.45) is 11.3 Å². The van der Waals surface area contributed by atoms with E-state index in [1.807, 2.05) is 4.90 Å². The van der Waals surface area contributed by atoms with Gasteiger partial charge in [0.2, 0.25) is 5.91 Å². The van der Waals surface area contributed by atoms with Gasteiger partial charge in [0.1, 0.15) is 6.10 Å². The van der Waals surface area contributed by atoms with E-state index < -0.39 is 0 Å². The fraction of sp³-hybridized carbons (Fsp3) is 0.824. The first-order valence-corrected chi connectivity index (χ1v) is 8.57. The SMILES string of the molecule is CC(C)CN1CC(c2noc(C3CC(C)(C)CO3)n2)CCC1=O. The Morgan fingerprint density at radius 3 is 2.83 bits per heavy atom. The van der Waals surface area contributed by atoms with Gasteiger partial charge in [0, 0.05) is 25.4 Å². The Bertz CT molecular complexity index is 567. The van der Waals surface area contributed by atoms with Gasteiger partial charge in [0.05, 0.1) is 6.61 Å². The van der Waals surface area contributed by atoms with Gasteiger partial charge in [0.15, 0.2) is 5.82 Å². The Morgan fingerprint density at radius 1 is 1.39 bits per heavy atom. The first-order chi connectivity index (χ1) is 10.8. The monoisotopic (exact) mass is 321 g/mol. The molecule has 0 spiro atoms. The number of carbonyl (C=O) groups is 1. The minimum absolute atomic E-state index is 0.0942. The number of hydrogen-bond acceptors (Lipinski definition) is 5. The van der Waals surface area contributed by atoms with E-state index in [-0.39, 0.29) is 23.3 Å². The maximum absolute atomic E-state index is 12.0. The number of nitrogens with zero attached hydrogens (tertiary/aromatic N) is 3. The predicted molar refractivity (Wildman–Crippen MR) is 84.8 cm³/mol. The van der Waals surface area contributed by atoms with Gasteiger partial charge in [-0.3, -0.25) is 4.79 Å². The minimum atomic E-state index is -0.0942. The van der Waals surface area contributed by atoms with E-state index in [1.165, 1.54) is 0 Å². The topological polar surface area (TPSA) is 68.5 Å². The summed E-state index contributed by atoms with van der Waals surface area (Å²) in [5.41, 5.74) is 0.157. The molecule has 23 heavy (non-hydrogen) atoms. The van der Waals surface area contributed by atoms with E-state index >= 15 is 0 Å². The average Bonchev–Trinajstić information content (AvgIpc) is 3.07. The molecule has 2 aliphatic heterocycles. The smallest absolute Gasteiger partial charge is 0.255 e. The van der Waals surface area contributed by atoms with Crippen LogP contribution in [-0.2, 0) is 9.53 Å². The number of aromatic nitrogens is 2. The molecule has 1 aromatic rings. The Kier molecular flexibility index (Phi) is 4.45. The third-order valence-corrected chi connectivity index (χ3v) is 4.60. The molecule has 0 aliphatic carbocycles. The lowest BCUT2D eigenvalue weighted by Gasteiger charge is -2.32. The van der Waals surface area contributed by atoms with Crippen molar-refractivity contribution in [3.05, 3.63) is 11.7 Å². The van der Waals surface area contributed by atoms with Crippen LogP contribution in [0.2, 0.25) is 0 Å². The molecule has 0 bridgehead atoms. The lowest BCUT2D eigenvalue weighted by atomic mass is 9.90. The molecule has 2 unspecified atom stereocenters. The maximum atomic E-state index is 12.0. The van der Waals surface area contributed by atoms with Crippen molar-refractivity contribution in [2.45, 2.75) is 59.0 Å². The zero-order valence-electron chi connectivity index (χ0n) is 14.5. The summed E-state index contributed by atoms with van der Waals surface area (Å²) in [5, 5.41) is 4.17. The second kappa shape index (κ2) is 6.23. The van der Waals surface area contributed by atoms with Crippen LogP contribution in [0.1, 0.15) is 70.7 Å². The molecule has 1 aromatic heterocycles. The van der Waals surface area contributed by atoms with Crippen molar-refractivity contribution < 1.29 is 14.1 Å². The molecule has 1 amide bonds. The predicted octanol–water partition coefficient (Wildman–Crippen LogP) is 2.92. The van der Waals surface area contributed by atoms with Gasteiger partial charge in [-0.1, -0.05) is 32.9 Å². The molecule has 3 heterocycles. The van der Waals surface area contributed by atoms with Gasteiger partial charge in [-0.2, -0.15) is 4.98 Å². The molecule has 0 radical (unpaired) electrons. The Labute approximate surface area is 137 Å². The van der Waals surface area contributed by atoms with Crippen LogP contribution in [0.15, 0.2) is 4.52 Å². The summed E-state index contributed by atoms with van der Waals surface area (Å²) in [6, 6.07) is 0. The molecule has 6 heteroatoms. The molecule has 6 nitrogen and oxygen atoms in total. The van der Waals surface area contributed by atoms with Crippen LogP contribution >= 0.6 is 0 Å². The lowest BCUT2D eigenvalue weighted by molar-refractivity contribution is -0.134. The molecule has 0 aromatic carbocycles. The first-order valence-electron chi connectivity index (χ1n) is 8.57. The fourth-order valence-electron chi connectivity index (χ4n) is 3.39. The van der Waals surface area contributed by atoms with Gasteiger partial charge in [-0.15, -0.1) is 0 Å². The second-order valence-electron chi connectivity index (χ2n) is 8.09. The third kappa shape index (κ3) is 3.74. The van der Waals surface area contributed by atoms with Crippen LogP contribution in [0.3, 0.4) is 0 Å². The number of piperidine rings is 1. The molecular weight excluding hydrogens is 294 g/mol. The Hall–Kier alpha value is -1.43. The lowest BCUT2D eigenvalue weighted by Crippen LogP contribution is -2.41. The summed E-state index contributed by atoms with van der Waals surface area (Å²) < 4.78 is 11.2. The van der Waals surface area contributed by atoms with E-state index in [2.05, 4.69) is 37.8 Å². The summed E-state index contributed by atoms with van der Waals surface area (Å²) in [6.07, 6.45) is 2.16. The molecule has 2 aliphatic rings. The number of rotatable bonds is 4. The third-order valence-electron chi connectivity index (χ3n) is 4.60. The molecule has 0 saturated carbocycles. The molecule has 2 fully saturated rings. The highest BCUT2D eigenvalue weighted by atomic mass is 16.5. The normalized spacial score (nSPS) is 27.9. The molecule has 0 N–H and O–H groups in total.